The third-order valence-corrected chi connectivity index (χ3v) is 3.99. The zero-order valence-corrected chi connectivity index (χ0v) is 8.83. The second kappa shape index (κ2) is 2.40. The molecule has 0 spiro atoms. The Kier molecular flexibility index (Phi) is 1.45. The van der Waals surface area contributed by atoms with Crippen molar-refractivity contribution in [2.24, 2.45) is 24.6 Å². The summed E-state index contributed by atoms with van der Waals surface area (Å²) in [5.74, 6) is 2.89. The highest BCUT2D eigenvalue weighted by molar-refractivity contribution is 5.19. The van der Waals surface area contributed by atoms with Gasteiger partial charge in [-0.15, -0.1) is 0 Å². The summed E-state index contributed by atoms with van der Waals surface area (Å²) in [6.45, 7) is 2.08. The molecule has 0 aromatic carbocycles. The molecule has 14 heavy (non-hydrogen) atoms. The van der Waals surface area contributed by atoms with Crippen molar-refractivity contribution in [1.82, 2.24) is 9.55 Å². The maximum Gasteiger partial charge on any atom is 0.128 e. The van der Waals surface area contributed by atoms with E-state index in [0.717, 1.165) is 30.5 Å². The van der Waals surface area contributed by atoms with Crippen LogP contribution in [0.25, 0.3) is 0 Å². The molecule has 0 saturated heterocycles. The van der Waals surface area contributed by atoms with E-state index in [1.54, 1.807) is 0 Å². The average molecular weight is 191 g/mol. The van der Waals surface area contributed by atoms with Crippen LogP contribution < -0.4 is 5.73 Å². The Labute approximate surface area is 84.3 Å². The molecule has 3 nitrogen and oxygen atoms in total. The second-order valence-corrected chi connectivity index (χ2v) is 5.10. The van der Waals surface area contributed by atoms with Gasteiger partial charge < -0.3 is 10.3 Å². The van der Waals surface area contributed by atoms with Crippen molar-refractivity contribution in [1.29, 1.82) is 0 Å². The standard InChI is InChI=1S/C11H17N3/c1-7-6-13-10(14(7)2)11(12)4-8-3-9(8)5-11/h6,8-9H,3-5,12H2,1-2H3. The molecule has 2 aliphatic rings. The van der Waals surface area contributed by atoms with Gasteiger partial charge >= 0.3 is 0 Å². The zero-order valence-electron chi connectivity index (χ0n) is 8.83. The SMILES string of the molecule is Cc1cnc(C2(N)CC3CC3C2)n1C. The lowest BCUT2D eigenvalue weighted by molar-refractivity contribution is 0.375. The van der Waals surface area contributed by atoms with E-state index in [4.69, 9.17) is 5.73 Å². The Morgan fingerprint density at radius 3 is 2.64 bits per heavy atom. The first-order valence-corrected chi connectivity index (χ1v) is 5.38. The molecule has 0 bridgehead atoms. The van der Waals surface area contributed by atoms with Crippen molar-refractivity contribution in [3.8, 4) is 0 Å². The molecule has 1 heterocycles. The van der Waals surface area contributed by atoms with Gasteiger partial charge in [-0.1, -0.05) is 0 Å². The van der Waals surface area contributed by atoms with Crippen LogP contribution in [0.2, 0.25) is 0 Å². The number of aryl methyl sites for hydroxylation is 1. The van der Waals surface area contributed by atoms with Crippen molar-refractivity contribution >= 4 is 0 Å². The Hall–Kier alpha value is -0.830. The van der Waals surface area contributed by atoms with Gasteiger partial charge in [0, 0.05) is 18.9 Å². The van der Waals surface area contributed by atoms with E-state index in [2.05, 4.69) is 23.5 Å². The minimum Gasteiger partial charge on any atom is -0.334 e. The van der Waals surface area contributed by atoms with Crippen LogP contribution in [0.15, 0.2) is 6.20 Å². The summed E-state index contributed by atoms with van der Waals surface area (Å²) in [4.78, 5) is 4.46. The highest BCUT2D eigenvalue weighted by Crippen LogP contribution is 2.58. The molecule has 3 rings (SSSR count). The Morgan fingerprint density at radius 1 is 1.50 bits per heavy atom. The van der Waals surface area contributed by atoms with E-state index in [-0.39, 0.29) is 5.54 Å². The summed E-state index contributed by atoms with van der Waals surface area (Å²) < 4.78 is 2.14. The number of nitrogens with two attached hydrogens (primary N) is 1. The lowest BCUT2D eigenvalue weighted by Gasteiger charge is -2.25. The van der Waals surface area contributed by atoms with Crippen molar-refractivity contribution in [3.63, 3.8) is 0 Å². The molecule has 2 aliphatic carbocycles. The molecular weight excluding hydrogens is 174 g/mol. The van der Waals surface area contributed by atoms with Crippen LogP contribution in [0, 0.1) is 18.8 Å². The smallest absolute Gasteiger partial charge is 0.128 e. The molecule has 2 saturated carbocycles. The summed E-state index contributed by atoms with van der Waals surface area (Å²) >= 11 is 0. The highest BCUT2D eigenvalue weighted by Gasteiger charge is 2.54. The molecular formula is C11H17N3. The first-order valence-electron chi connectivity index (χ1n) is 5.38. The van der Waals surface area contributed by atoms with Gasteiger partial charge in [0.2, 0.25) is 0 Å². The third kappa shape index (κ3) is 0.989. The van der Waals surface area contributed by atoms with Crippen LogP contribution in [0.3, 0.4) is 0 Å². The van der Waals surface area contributed by atoms with E-state index in [1.807, 2.05) is 6.20 Å². The van der Waals surface area contributed by atoms with Gasteiger partial charge in [-0.3, -0.25) is 0 Å². The van der Waals surface area contributed by atoms with Crippen LogP contribution in [0.1, 0.15) is 30.8 Å². The molecule has 1 aromatic heterocycles. The Bertz CT molecular complexity index is 370. The van der Waals surface area contributed by atoms with Crippen LogP contribution in [0.5, 0.6) is 0 Å². The van der Waals surface area contributed by atoms with Gasteiger partial charge in [-0.2, -0.15) is 0 Å². The first-order chi connectivity index (χ1) is 6.60. The Morgan fingerprint density at radius 2 is 2.14 bits per heavy atom. The van der Waals surface area contributed by atoms with Crippen LogP contribution in [-0.2, 0) is 12.6 Å². The molecule has 2 fully saturated rings. The molecule has 0 aliphatic heterocycles. The lowest BCUT2D eigenvalue weighted by Crippen LogP contribution is -2.37. The van der Waals surface area contributed by atoms with Crippen molar-refractivity contribution in [3.05, 3.63) is 17.7 Å². The van der Waals surface area contributed by atoms with Crippen LogP contribution >= 0.6 is 0 Å². The summed E-state index contributed by atoms with van der Waals surface area (Å²) in [5, 5.41) is 0. The second-order valence-electron chi connectivity index (χ2n) is 5.10. The summed E-state index contributed by atoms with van der Waals surface area (Å²) in [5.41, 5.74) is 7.50. The quantitative estimate of drug-likeness (QED) is 0.727. The maximum absolute atomic E-state index is 6.43. The fourth-order valence-electron chi connectivity index (χ4n) is 2.97. The van der Waals surface area contributed by atoms with Gasteiger partial charge in [0.05, 0.1) is 5.54 Å². The summed E-state index contributed by atoms with van der Waals surface area (Å²) in [7, 11) is 2.07. The fourth-order valence-corrected chi connectivity index (χ4v) is 2.97. The van der Waals surface area contributed by atoms with Gasteiger partial charge in [-0.05, 0) is 38.0 Å². The number of imidazole rings is 1. The van der Waals surface area contributed by atoms with Crippen LogP contribution in [0.4, 0.5) is 0 Å². The number of rotatable bonds is 1. The molecule has 0 radical (unpaired) electrons. The van der Waals surface area contributed by atoms with E-state index in [1.165, 1.54) is 12.1 Å². The number of hydrogen-bond acceptors (Lipinski definition) is 2. The monoisotopic (exact) mass is 191 g/mol. The molecule has 2 N–H and O–H groups in total. The number of nitrogens with zero attached hydrogens (tertiary/aromatic N) is 2. The molecule has 76 valence electrons. The largest absolute Gasteiger partial charge is 0.334 e. The van der Waals surface area contributed by atoms with E-state index in [9.17, 15) is 0 Å². The van der Waals surface area contributed by atoms with Crippen molar-refractivity contribution in [2.45, 2.75) is 31.7 Å². The van der Waals surface area contributed by atoms with Gasteiger partial charge in [-0.25, -0.2) is 4.98 Å². The number of hydrogen-bond donors (Lipinski definition) is 1. The minimum atomic E-state index is -0.128. The highest BCUT2D eigenvalue weighted by atomic mass is 15.1. The average Bonchev–Trinajstić information content (AvgIpc) is 2.58. The van der Waals surface area contributed by atoms with Gasteiger partial charge in [0.15, 0.2) is 0 Å². The lowest BCUT2D eigenvalue weighted by atomic mass is 9.93. The molecule has 2 unspecified atom stereocenters. The van der Waals surface area contributed by atoms with Gasteiger partial charge in [0.1, 0.15) is 5.82 Å². The summed E-state index contributed by atoms with van der Waals surface area (Å²) in [6, 6.07) is 0. The first kappa shape index (κ1) is 8.48. The van der Waals surface area contributed by atoms with Crippen molar-refractivity contribution < 1.29 is 0 Å². The van der Waals surface area contributed by atoms with Gasteiger partial charge in [0.25, 0.3) is 0 Å². The van der Waals surface area contributed by atoms with E-state index < -0.39 is 0 Å². The molecule has 1 aromatic rings. The zero-order chi connectivity index (χ0) is 9.92. The molecule has 3 heteroatoms. The predicted molar refractivity (Wildman–Crippen MR) is 54.6 cm³/mol. The third-order valence-electron chi connectivity index (χ3n) is 3.99. The molecule has 0 amide bonds. The topological polar surface area (TPSA) is 43.8 Å². The normalized spacial score (nSPS) is 39.9. The maximum atomic E-state index is 6.43. The van der Waals surface area contributed by atoms with Crippen LogP contribution in [-0.4, -0.2) is 9.55 Å². The van der Waals surface area contributed by atoms with E-state index in [0.29, 0.717) is 0 Å². The van der Waals surface area contributed by atoms with Crippen molar-refractivity contribution in [2.75, 3.05) is 0 Å². The number of fused-ring (bicyclic) bond motifs is 1. The Balaban J connectivity index is 1.98. The minimum absolute atomic E-state index is 0.128. The van der Waals surface area contributed by atoms with E-state index >= 15 is 0 Å². The fraction of sp³-hybridized carbons (Fsp3) is 0.727. The molecule has 2 atom stereocenters. The number of aromatic nitrogens is 2. The summed E-state index contributed by atoms with van der Waals surface area (Å²) in [6.07, 6.45) is 5.61. The predicted octanol–water partition coefficient (Wildman–Crippen LogP) is 1.31.